The van der Waals surface area contributed by atoms with Gasteiger partial charge in [-0.05, 0) is 42.8 Å². The number of rotatable bonds is 7. The van der Waals surface area contributed by atoms with Gasteiger partial charge < -0.3 is 10.1 Å². The average molecular weight is 395 g/mol. The van der Waals surface area contributed by atoms with Crippen molar-refractivity contribution in [1.29, 1.82) is 0 Å². The van der Waals surface area contributed by atoms with Crippen LogP contribution in [0.5, 0.6) is 5.75 Å². The molecule has 0 saturated carbocycles. The number of anilines is 1. The molecule has 3 aromatic rings. The number of ether oxygens (including phenoxy) is 1. The quantitative estimate of drug-likeness (QED) is 0.359. The Morgan fingerprint density at radius 1 is 1.29 bits per heavy atom. The molecule has 1 N–H and O–H groups in total. The van der Waals surface area contributed by atoms with Crippen LogP contribution in [0.25, 0.3) is 6.08 Å². The number of nitrogens with one attached hydrogen (secondary N) is 1. The van der Waals surface area contributed by atoms with Crippen molar-refractivity contribution < 1.29 is 14.5 Å². The van der Waals surface area contributed by atoms with E-state index in [1.54, 1.807) is 17.4 Å². The lowest BCUT2D eigenvalue weighted by atomic mass is 10.2. The first-order valence-corrected chi connectivity index (χ1v) is 9.25. The van der Waals surface area contributed by atoms with Crippen molar-refractivity contribution in [3.05, 3.63) is 86.4 Å². The Morgan fingerprint density at radius 2 is 2.07 bits per heavy atom. The van der Waals surface area contributed by atoms with E-state index in [9.17, 15) is 14.9 Å². The Labute approximate surface area is 165 Å². The number of thiazole rings is 1. The number of carbonyl (C=O) groups is 1. The third-order valence-corrected chi connectivity index (χ3v) is 4.51. The summed E-state index contributed by atoms with van der Waals surface area (Å²) in [5.41, 5.74) is 2.14. The van der Waals surface area contributed by atoms with Gasteiger partial charge in [-0.25, -0.2) is 4.98 Å². The summed E-state index contributed by atoms with van der Waals surface area (Å²) in [6, 6.07) is 13.0. The second-order valence-electron chi connectivity index (χ2n) is 5.85. The predicted molar refractivity (Wildman–Crippen MR) is 108 cm³/mol. The van der Waals surface area contributed by atoms with E-state index < -0.39 is 4.92 Å². The molecule has 0 unspecified atom stereocenters. The molecule has 0 aliphatic rings. The molecule has 7 nitrogen and oxygen atoms in total. The van der Waals surface area contributed by atoms with Gasteiger partial charge in [-0.15, -0.1) is 11.3 Å². The fourth-order valence-electron chi connectivity index (χ4n) is 2.36. The molecule has 0 atom stereocenters. The van der Waals surface area contributed by atoms with E-state index in [0.717, 1.165) is 16.3 Å². The van der Waals surface area contributed by atoms with Crippen molar-refractivity contribution in [3.63, 3.8) is 0 Å². The molecule has 1 amide bonds. The fraction of sp³-hybridized carbons (Fsp3) is 0.100. The summed E-state index contributed by atoms with van der Waals surface area (Å²) in [6.45, 7) is 2.33. The van der Waals surface area contributed by atoms with Crippen molar-refractivity contribution in [2.45, 2.75) is 13.5 Å². The highest BCUT2D eigenvalue weighted by atomic mass is 32.1. The lowest BCUT2D eigenvalue weighted by molar-refractivity contribution is -0.384. The summed E-state index contributed by atoms with van der Waals surface area (Å²) >= 11 is 1.58. The second kappa shape index (κ2) is 8.92. The SMILES string of the molecule is Cc1nc(COc2cccc(/C=C/C(=O)Nc3ccc([N+](=O)[O-])cc3)c2)cs1. The zero-order valence-corrected chi connectivity index (χ0v) is 15.8. The minimum Gasteiger partial charge on any atom is -0.487 e. The molecule has 0 saturated heterocycles. The summed E-state index contributed by atoms with van der Waals surface area (Å²) in [5.74, 6) is 0.349. The first-order valence-electron chi connectivity index (χ1n) is 8.37. The Kier molecular flexibility index (Phi) is 6.13. The topological polar surface area (TPSA) is 94.4 Å². The van der Waals surface area contributed by atoms with E-state index in [4.69, 9.17) is 4.74 Å². The Balaban J connectivity index is 1.57. The largest absolute Gasteiger partial charge is 0.487 e. The van der Waals surface area contributed by atoms with Gasteiger partial charge >= 0.3 is 0 Å². The van der Waals surface area contributed by atoms with Gasteiger partial charge in [0, 0.05) is 29.3 Å². The van der Waals surface area contributed by atoms with Crippen LogP contribution >= 0.6 is 11.3 Å². The normalized spacial score (nSPS) is 10.8. The minimum atomic E-state index is -0.490. The number of nitro benzene ring substituents is 1. The summed E-state index contributed by atoms with van der Waals surface area (Å²) in [7, 11) is 0. The van der Waals surface area contributed by atoms with Gasteiger partial charge in [0.2, 0.25) is 5.91 Å². The first-order chi connectivity index (χ1) is 13.5. The Hall–Kier alpha value is -3.52. The molecule has 3 rings (SSSR count). The van der Waals surface area contributed by atoms with Crippen LogP contribution in [0.2, 0.25) is 0 Å². The summed E-state index contributed by atoms with van der Waals surface area (Å²) in [4.78, 5) is 26.5. The Bertz CT molecular complexity index is 1010. The minimum absolute atomic E-state index is 0.0295. The smallest absolute Gasteiger partial charge is 0.269 e. The van der Waals surface area contributed by atoms with E-state index in [2.05, 4.69) is 10.3 Å². The number of nitro groups is 1. The third kappa shape index (κ3) is 5.49. The zero-order valence-electron chi connectivity index (χ0n) is 15.0. The monoisotopic (exact) mass is 395 g/mol. The van der Waals surface area contributed by atoms with E-state index in [-0.39, 0.29) is 11.6 Å². The maximum atomic E-state index is 12.0. The molecular weight excluding hydrogens is 378 g/mol. The predicted octanol–water partition coefficient (Wildman–Crippen LogP) is 4.59. The third-order valence-electron chi connectivity index (χ3n) is 3.68. The molecule has 0 bridgehead atoms. The van der Waals surface area contributed by atoms with Gasteiger partial charge in [0.25, 0.3) is 5.69 Å². The summed E-state index contributed by atoms with van der Waals surface area (Å²) in [6.07, 6.45) is 3.06. The van der Waals surface area contributed by atoms with E-state index in [1.165, 1.54) is 30.3 Å². The average Bonchev–Trinajstić information content (AvgIpc) is 3.11. The molecule has 142 valence electrons. The standard InChI is InChI=1S/C20H17N3O4S/c1-14-21-17(13-28-14)12-27-19-4-2-3-15(11-19)5-10-20(24)22-16-6-8-18(9-7-16)23(25)26/h2-11,13H,12H2,1H3,(H,22,24)/b10-5+. The molecule has 0 aliphatic heterocycles. The van der Waals surface area contributed by atoms with Crippen molar-refractivity contribution in [1.82, 2.24) is 4.98 Å². The maximum Gasteiger partial charge on any atom is 0.269 e. The molecule has 0 fully saturated rings. The highest BCUT2D eigenvalue weighted by Gasteiger charge is 2.05. The number of aryl methyl sites for hydroxylation is 1. The first kappa shape index (κ1) is 19.2. The lowest BCUT2D eigenvalue weighted by Gasteiger charge is -2.05. The number of aromatic nitrogens is 1. The highest BCUT2D eigenvalue weighted by Crippen LogP contribution is 2.18. The molecule has 0 aliphatic carbocycles. The van der Waals surface area contributed by atoms with Crippen LogP contribution in [0.15, 0.2) is 60.0 Å². The van der Waals surface area contributed by atoms with Gasteiger partial charge in [0.05, 0.1) is 15.6 Å². The number of carbonyl (C=O) groups excluding carboxylic acids is 1. The van der Waals surface area contributed by atoms with Crippen molar-refractivity contribution >= 4 is 34.7 Å². The number of hydrogen-bond donors (Lipinski definition) is 1. The highest BCUT2D eigenvalue weighted by molar-refractivity contribution is 7.09. The molecule has 1 heterocycles. The van der Waals surface area contributed by atoms with Gasteiger partial charge in [-0.2, -0.15) is 0 Å². The number of amides is 1. The van der Waals surface area contributed by atoms with E-state index >= 15 is 0 Å². The van der Waals surface area contributed by atoms with Crippen LogP contribution < -0.4 is 10.1 Å². The number of benzene rings is 2. The van der Waals surface area contributed by atoms with Crippen LogP contribution in [0.1, 0.15) is 16.3 Å². The van der Waals surface area contributed by atoms with Crippen LogP contribution in [0, 0.1) is 17.0 Å². The molecule has 2 aromatic carbocycles. The molecule has 0 spiro atoms. The summed E-state index contributed by atoms with van der Waals surface area (Å²) < 4.78 is 5.73. The van der Waals surface area contributed by atoms with Crippen molar-refractivity contribution in [2.75, 3.05) is 5.32 Å². The second-order valence-corrected chi connectivity index (χ2v) is 6.91. The molecule has 28 heavy (non-hydrogen) atoms. The van der Waals surface area contributed by atoms with E-state index in [0.29, 0.717) is 18.0 Å². The lowest BCUT2D eigenvalue weighted by Crippen LogP contribution is -2.07. The van der Waals surface area contributed by atoms with Gasteiger partial charge in [-0.1, -0.05) is 12.1 Å². The molecular formula is C20H17N3O4S. The van der Waals surface area contributed by atoms with Crippen molar-refractivity contribution in [2.24, 2.45) is 0 Å². The van der Waals surface area contributed by atoms with Crippen LogP contribution in [-0.2, 0) is 11.4 Å². The number of hydrogen-bond acceptors (Lipinski definition) is 6. The molecule has 8 heteroatoms. The van der Waals surface area contributed by atoms with Gasteiger partial charge in [0.1, 0.15) is 12.4 Å². The van der Waals surface area contributed by atoms with Crippen LogP contribution in [0.3, 0.4) is 0 Å². The zero-order chi connectivity index (χ0) is 19.9. The fourth-order valence-corrected chi connectivity index (χ4v) is 2.96. The van der Waals surface area contributed by atoms with E-state index in [1.807, 2.05) is 36.6 Å². The van der Waals surface area contributed by atoms with Crippen LogP contribution in [0.4, 0.5) is 11.4 Å². The summed E-state index contributed by atoms with van der Waals surface area (Å²) in [5, 5.41) is 16.3. The number of non-ortho nitro benzene ring substituents is 1. The number of nitrogens with zero attached hydrogens (tertiary/aromatic N) is 2. The maximum absolute atomic E-state index is 12.0. The molecule has 1 aromatic heterocycles. The van der Waals surface area contributed by atoms with Crippen LogP contribution in [-0.4, -0.2) is 15.8 Å². The van der Waals surface area contributed by atoms with Gasteiger partial charge in [-0.3, -0.25) is 14.9 Å². The Morgan fingerprint density at radius 3 is 2.75 bits per heavy atom. The molecule has 0 radical (unpaired) electrons. The van der Waals surface area contributed by atoms with Gasteiger partial charge in [0.15, 0.2) is 0 Å². The van der Waals surface area contributed by atoms with Crippen molar-refractivity contribution in [3.8, 4) is 5.75 Å².